The predicted octanol–water partition coefficient (Wildman–Crippen LogP) is 4.35. The number of esters is 1. The third-order valence-corrected chi connectivity index (χ3v) is 4.24. The standard InChI is InChI=1S/C20H21F2NO5S/c1-3-26-15-6-8-16(9-7-15)27-12-18(24)28-13(2)19(25)23-14-4-10-17(11-5-14)29-20(21)22/h4-11,13,20H,3,12H2,1-2H3,(H,23,25)/t13-/m0/s1. The van der Waals surface area contributed by atoms with Crippen molar-refractivity contribution in [2.24, 2.45) is 0 Å². The monoisotopic (exact) mass is 425 g/mol. The van der Waals surface area contributed by atoms with Crippen LogP contribution < -0.4 is 14.8 Å². The number of carbonyl (C=O) groups excluding carboxylic acids is 2. The Morgan fingerprint density at radius 3 is 2.14 bits per heavy atom. The van der Waals surface area contributed by atoms with Gasteiger partial charge in [0.1, 0.15) is 11.5 Å². The van der Waals surface area contributed by atoms with Crippen LogP contribution in [0.2, 0.25) is 0 Å². The van der Waals surface area contributed by atoms with Gasteiger partial charge in [0.15, 0.2) is 12.7 Å². The highest BCUT2D eigenvalue weighted by Crippen LogP contribution is 2.26. The molecule has 0 spiro atoms. The molecule has 1 N–H and O–H groups in total. The van der Waals surface area contributed by atoms with Gasteiger partial charge in [-0.25, -0.2) is 4.79 Å². The molecular weight excluding hydrogens is 404 g/mol. The number of alkyl halides is 2. The fourth-order valence-electron chi connectivity index (χ4n) is 2.19. The molecule has 1 atom stereocenters. The number of ether oxygens (including phenoxy) is 3. The number of hydrogen-bond donors (Lipinski definition) is 1. The number of nitrogens with one attached hydrogen (secondary N) is 1. The zero-order valence-corrected chi connectivity index (χ0v) is 16.7. The molecule has 156 valence electrons. The molecule has 0 aliphatic heterocycles. The Bertz CT molecular complexity index is 800. The van der Waals surface area contributed by atoms with E-state index >= 15 is 0 Å². The summed E-state index contributed by atoms with van der Waals surface area (Å²) in [7, 11) is 0. The summed E-state index contributed by atoms with van der Waals surface area (Å²) in [4.78, 5) is 24.4. The zero-order valence-electron chi connectivity index (χ0n) is 15.9. The number of hydrogen-bond acceptors (Lipinski definition) is 6. The first-order valence-corrected chi connectivity index (χ1v) is 9.66. The summed E-state index contributed by atoms with van der Waals surface area (Å²) in [5.74, 6) is -2.61. The molecule has 0 aliphatic rings. The molecule has 0 unspecified atom stereocenters. The van der Waals surface area contributed by atoms with Crippen LogP contribution in [0.3, 0.4) is 0 Å². The molecular formula is C20H21F2NO5S. The smallest absolute Gasteiger partial charge is 0.344 e. The molecule has 0 aliphatic carbocycles. The van der Waals surface area contributed by atoms with Crippen molar-refractivity contribution < 1.29 is 32.6 Å². The molecule has 6 nitrogen and oxygen atoms in total. The fourth-order valence-corrected chi connectivity index (χ4v) is 2.69. The van der Waals surface area contributed by atoms with Gasteiger partial charge in [-0.2, -0.15) is 8.78 Å². The Morgan fingerprint density at radius 1 is 1.00 bits per heavy atom. The SMILES string of the molecule is CCOc1ccc(OCC(=O)O[C@@H](C)C(=O)Nc2ccc(SC(F)F)cc2)cc1. The lowest BCUT2D eigenvalue weighted by Crippen LogP contribution is -2.31. The topological polar surface area (TPSA) is 73.9 Å². The van der Waals surface area contributed by atoms with Gasteiger partial charge in [-0.15, -0.1) is 0 Å². The van der Waals surface area contributed by atoms with Crippen molar-refractivity contribution in [2.75, 3.05) is 18.5 Å². The van der Waals surface area contributed by atoms with Crippen LogP contribution in [0.15, 0.2) is 53.4 Å². The minimum absolute atomic E-state index is 0.356. The van der Waals surface area contributed by atoms with Gasteiger partial charge in [0.05, 0.1) is 6.61 Å². The van der Waals surface area contributed by atoms with E-state index in [1.165, 1.54) is 31.2 Å². The van der Waals surface area contributed by atoms with Gasteiger partial charge >= 0.3 is 5.97 Å². The predicted molar refractivity (Wildman–Crippen MR) is 106 cm³/mol. The van der Waals surface area contributed by atoms with Gasteiger partial charge in [-0.1, -0.05) is 11.8 Å². The van der Waals surface area contributed by atoms with Crippen LogP contribution in [-0.2, 0) is 14.3 Å². The molecule has 2 aromatic carbocycles. The normalized spacial score (nSPS) is 11.6. The minimum atomic E-state index is -2.51. The summed E-state index contributed by atoms with van der Waals surface area (Å²) in [5.41, 5.74) is 0.405. The van der Waals surface area contributed by atoms with Gasteiger partial charge in [0.2, 0.25) is 0 Å². The lowest BCUT2D eigenvalue weighted by atomic mass is 10.3. The quantitative estimate of drug-likeness (QED) is 0.451. The van der Waals surface area contributed by atoms with E-state index in [-0.39, 0.29) is 6.61 Å². The number of thioether (sulfide) groups is 1. The third-order valence-electron chi connectivity index (χ3n) is 3.52. The second-order valence-electron chi connectivity index (χ2n) is 5.72. The van der Waals surface area contributed by atoms with Crippen LogP contribution in [0.5, 0.6) is 11.5 Å². The summed E-state index contributed by atoms with van der Waals surface area (Å²) in [6.07, 6.45) is -1.05. The van der Waals surface area contributed by atoms with E-state index in [9.17, 15) is 18.4 Å². The van der Waals surface area contributed by atoms with Crippen molar-refractivity contribution in [3.8, 4) is 11.5 Å². The third kappa shape index (κ3) is 7.98. The maximum absolute atomic E-state index is 12.3. The second-order valence-corrected chi connectivity index (χ2v) is 6.78. The summed E-state index contributed by atoms with van der Waals surface area (Å²) in [5, 5.41) is 2.55. The van der Waals surface area contributed by atoms with E-state index in [1.54, 1.807) is 24.3 Å². The zero-order chi connectivity index (χ0) is 21.2. The molecule has 2 rings (SSSR count). The number of rotatable bonds is 10. The summed E-state index contributed by atoms with van der Waals surface area (Å²) < 4.78 is 40.3. The molecule has 0 heterocycles. The van der Waals surface area contributed by atoms with E-state index < -0.39 is 23.7 Å². The molecule has 0 bridgehead atoms. The molecule has 0 fully saturated rings. The lowest BCUT2D eigenvalue weighted by Gasteiger charge is -2.14. The van der Waals surface area contributed by atoms with Crippen molar-refractivity contribution >= 4 is 29.3 Å². The average Bonchev–Trinajstić information content (AvgIpc) is 2.68. The molecule has 0 aromatic heterocycles. The van der Waals surface area contributed by atoms with E-state index in [1.807, 2.05) is 6.92 Å². The summed E-state index contributed by atoms with van der Waals surface area (Å²) in [6, 6.07) is 12.7. The van der Waals surface area contributed by atoms with Crippen molar-refractivity contribution in [3.05, 3.63) is 48.5 Å². The number of amides is 1. The van der Waals surface area contributed by atoms with E-state index in [2.05, 4.69) is 5.32 Å². The Kier molecular flexibility index (Phi) is 8.72. The van der Waals surface area contributed by atoms with Gasteiger partial charge < -0.3 is 19.5 Å². The average molecular weight is 425 g/mol. The van der Waals surface area contributed by atoms with Gasteiger partial charge in [0, 0.05) is 10.6 Å². The molecule has 1 amide bonds. The van der Waals surface area contributed by atoms with Crippen LogP contribution in [-0.4, -0.2) is 37.0 Å². The minimum Gasteiger partial charge on any atom is -0.494 e. The van der Waals surface area contributed by atoms with Crippen molar-refractivity contribution in [3.63, 3.8) is 0 Å². The summed E-state index contributed by atoms with van der Waals surface area (Å²) in [6.45, 7) is 3.49. The van der Waals surface area contributed by atoms with Gasteiger partial charge in [-0.3, -0.25) is 4.79 Å². The Balaban J connectivity index is 1.77. The van der Waals surface area contributed by atoms with E-state index in [0.717, 1.165) is 0 Å². The maximum Gasteiger partial charge on any atom is 0.344 e. The van der Waals surface area contributed by atoms with Crippen molar-refractivity contribution in [2.45, 2.75) is 30.6 Å². The Morgan fingerprint density at radius 2 is 1.59 bits per heavy atom. The molecule has 2 aromatic rings. The van der Waals surface area contributed by atoms with Crippen LogP contribution in [0.4, 0.5) is 14.5 Å². The number of anilines is 1. The molecule has 9 heteroatoms. The van der Waals surface area contributed by atoms with Gasteiger partial charge in [-0.05, 0) is 62.4 Å². The Labute approximate surface area is 171 Å². The van der Waals surface area contributed by atoms with Crippen molar-refractivity contribution in [1.29, 1.82) is 0 Å². The first kappa shape index (κ1) is 22.5. The largest absolute Gasteiger partial charge is 0.494 e. The maximum atomic E-state index is 12.3. The fraction of sp³-hybridized carbons (Fsp3) is 0.300. The summed E-state index contributed by atoms with van der Waals surface area (Å²) >= 11 is 0.411. The first-order valence-electron chi connectivity index (χ1n) is 8.78. The highest BCUT2D eigenvalue weighted by atomic mass is 32.2. The van der Waals surface area contributed by atoms with Crippen LogP contribution in [0.1, 0.15) is 13.8 Å². The molecule has 0 saturated carbocycles. The second kappa shape index (κ2) is 11.3. The van der Waals surface area contributed by atoms with Crippen LogP contribution in [0.25, 0.3) is 0 Å². The lowest BCUT2D eigenvalue weighted by molar-refractivity contribution is -0.155. The number of halogens is 2. The van der Waals surface area contributed by atoms with Crippen molar-refractivity contribution in [1.82, 2.24) is 0 Å². The number of carbonyl (C=O) groups is 2. The number of benzene rings is 2. The molecule has 0 radical (unpaired) electrons. The van der Waals surface area contributed by atoms with Gasteiger partial charge in [0.25, 0.3) is 11.7 Å². The van der Waals surface area contributed by atoms with Crippen LogP contribution in [0, 0.1) is 0 Å². The van der Waals surface area contributed by atoms with E-state index in [0.29, 0.717) is 40.5 Å². The highest BCUT2D eigenvalue weighted by Gasteiger charge is 2.18. The Hall–Kier alpha value is -2.81. The molecule has 0 saturated heterocycles. The highest BCUT2D eigenvalue weighted by molar-refractivity contribution is 7.99. The molecule has 29 heavy (non-hydrogen) atoms. The first-order chi connectivity index (χ1) is 13.9. The van der Waals surface area contributed by atoms with Crippen LogP contribution >= 0.6 is 11.8 Å². The van der Waals surface area contributed by atoms with E-state index in [4.69, 9.17) is 14.2 Å².